The third-order valence-corrected chi connectivity index (χ3v) is 10.4. The molecule has 2 atom stereocenters. The second-order valence-corrected chi connectivity index (χ2v) is 14.3. The first kappa shape index (κ1) is 28.8. The molecule has 0 spiro atoms. The summed E-state index contributed by atoms with van der Waals surface area (Å²) in [5.41, 5.74) is 7.50. The van der Waals surface area contributed by atoms with Gasteiger partial charge in [0.2, 0.25) is 5.70 Å². The first-order valence-corrected chi connectivity index (χ1v) is 14.8. The first-order chi connectivity index (χ1) is 18.6. The Labute approximate surface area is 240 Å². The lowest BCUT2D eigenvalue weighted by Crippen LogP contribution is -2.60. The molecule has 1 aliphatic heterocycles. The highest BCUT2D eigenvalue weighted by molar-refractivity contribution is 5.95. The normalized spacial score (nSPS) is 22.8. The molecule has 3 heteroatoms. The highest BCUT2D eigenvalue weighted by Gasteiger charge is 2.59. The summed E-state index contributed by atoms with van der Waals surface area (Å²) in [4.78, 5) is 0. The molecule has 3 aromatic carbocycles. The molecule has 40 heavy (non-hydrogen) atoms. The Bertz CT molecular complexity index is 1650. The van der Waals surface area contributed by atoms with Gasteiger partial charge >= 0.3 is 0 Å². The number of aliphatic hydroxyl groups excluding tert-OH is 1. The maximum absolute atomic E-state index is 9.97. The summed E-state index contributed by atoms with van der Waals surface area (Å²) in [5, 5.41) is 15.0. The Morgan fingerprint density at radius 3 is 2.30 bits per heavy atom. The van der Waals surface area contributed by atoms with Crippen LogP contribution in [0.4, 0.5) is 0 Å². The predicted molar refractivity (Wildman–Crippen MR) is 169 cm³/mol. The van der Waals surface area contributed by atoms with E-state index < -0.39 is 0 Å². The molecule has 2 aliphatic rings. The van der Waals surface area contributed by atoms with E-state index in [0.717, 1.165) is 18.1 Å². The predicted octanol–water partition coefficient (Wildman–Crippen LogP) is 6.28. The maximum atomic E-state index is 9.97. The zero-order valence-electron chi connectivity index (χ0n) is 26.3. The summed E-state index contributed by atoms with van der Waals surface area (Å²) in [5.74, 6) is 0. The SMILES string of the molecule is C=c1cc(C(C)(C)C)cc2c1=C1c3c(cc4ccccc4c3C2(C)C)C(C)(C)C(C)(CCC(CO)OC)/[N+]1=C/C. The molecule has 0 radical (unpaired) electrons. The van der Waals surface area contributed by atoms with Crippen LogP contribution in [0, 0.1) is 0 Å². The molecule has 2 unspecified atom stereocenters. The summed E-state index contributed by atoms with van der Waals surface area (Å²) < 4.78 is 8.19. The van der Waals surface area contributed by atoms with Crippen LogP contribution >= 0.6 is 0 Å². The minimum absolute atomic E-state index is 0.0194. The smallest absolute Gasteiger partial charge is 0.221 e. The third-order valence-electron chi connectivity index (χ3n) is 10.4. The standard InChI is InChI=1S/C37H48NO2/c1-12-38-33-30-23(2)19-25(34(3,4)5)21-28(30)35(6,7)32-27-16-14-13-15-24(27)20-29(31(32)33)36(8,9)37(38,10)18-17-26(22-39)40-11/h12-16,19-21,26,39H,2,17-18,22H2,1,3-11H3/q+1/b38-12+. The number of methoxy groups -OCH3 is 1. The lowest BCUT2D eigenvalue weighted by atomic mass is 9.57. The van der Waals surface area contributed by atoms with E-state index in [1.165, 1.54) is 49.5 Å². The number of hydrogen-bond donors (Lipinski definition) is 1. The van der Waals surface area contributed by atoms with Gasteiger partial charge in [-0.3, -0.25) is 0 Å². The molecule has 0 saturated carbocycles. The van der Waals surface area contributed by atoms with Gasteiger partial charge in [0.15, 0.2) is 5.54 Å². The second-order valence-electron chi connectivity index (χ2n) is 14.3. The summed E-state index contributed by atoms with van der Waals surface area (Å²) in [6.07, 6.45) is 3.75. The zero-order chi connectivity index (χ0) is 29.4. The van der Waals surface area contributed by atoms with Crippen molar-refractivity contribution in [3.63, 3.8) is 0 Å². The van der Waals surface area contributed by atoms with Crippen molar-refractivity contribution in [2.45, 2.75) is 103 Å². The van der Waals surface area contributed by atoms with Crippen LogP contribution < -0.4 is 10.4 Å². The number of nitrogens with zero attached hydrogens (tertiary/aromatic N) is 1. The molecule has 0 saturated heterocycles. The summed E-state index contributed by atoms with van der Waals surface area (Å²) in [6, 6.07) is 16.1. The van der Waals surface area contributed by atoms with E-state index in [9.17, 15) is 5.11 Å². The van der Waals surface area contributed by atoms with Crippen LogP contribution in [-0.4, -0.2) is 41.3 Å². The topological polar surface area (TPSA) is 32.5 Å². The molecule has 0 aromatic heterocycles. The Morgan fingerprint density at radius 1 is 1.02 bits per heavy atom. The van der Waals surface area contributed by atoms with E-state index >= 15 is 0 Å². The zero-order valence-corrected chi connectivity index (χ0v) is 26.3. The van der Waals surface area contributed by atoms with Gasteiger partial charge in [0, 0.05) is 32.8 Å². The molecule has 1 N–H and O–H groups in total. The average molecular weight is 539 g/mol. The number of fused-ring (bicyclic) bond motifs is 3. The lowest BCUT2D eigenvalue weighted by molar-refractivity contribution is -0.540. The average Bonchev–Trinajstić information content (AvgIpc) is 2.89. The molecule has 3 nitrogen and oxygen atoms in total. The fraction of sp³-hybridized carbons (Fsp3) is 0.486. The van der Waals surface area contributed by atoms with Crippen LogP contribution in [-0.2, 0) is 21.0 Å². The van der Waals surface area contributed by atoms with E-state index in [1.807, 2.05) is 0 Å². The fourth-order valence-corrected chi connectivity index (χ4v) is 7.55. The molecule has 0 bridgehead atoms. The second kappa shape index (κ2) is 9.39. The third kappa shape index (κ3) is 3.88. The molecule has 1 heterocycles. The van der Waals surface area contributed by atoms with Crippen LogP contribution in [0.25, 0.3) is 23.0 Å². The van der Waals surface area contributed by atoms with Gasteiger partial charge < -0.3 is 9.84 Å². The Kier molecular flexibility index (Phi) is 6.75. The van der Waals surface area contributed by atoms with Crippen LogP contribution in [0.15, 0.2) is 42.5 Å². The highest BCUT2D eigenvalue weighted by Crippen LogP contribution is 2.55. The van der Waals surface area contributed by atoms with Crippen molar-refractivity contribution in [3.8, 4) is 0 Å². The summed E-state index contributed by atoms with van der Waals surface area (Å²) >= 11 is 0. The van der Waals surface area contributed by atoms with Crippen molar-refractivity contribution in [2.75, 3.05) is 13.7 Å². The Balaban J connectivity index is 2.01. The minimum atomic E-state index is -0.260. The lowest BCUT2D eigenvalue weighted by Gasteiger charge is -2.49. The van der Waals surface area contributed by atoms with Crippen LogP contribution in [0.5, 0.6) is 0 Å². The number of aliphatic hydroxyl groups is 1. The molecule has 1 aliphatic carbocycles. The van der Waals surface area contributed by atoms with Gasteiger partial charge in [0.1, 0.15) is 6.21 Å². The first-order valence-electron chi connectivity index (χ1n) is 14.8. The van der Waals surface area contributed by atoms with Crippen LogP contribution in [0.2, 0.25) is 0 Å². The van der Waals surface area contributed by atoms with Crippen molar-refractivity contribution in [1.29, 1.82) is 0 Å². The summed E-state index contributed by atoms with van der Waals surface area (Å²) in [6.45, 7) is 25.8. The van der Waals surface area contributed by atoms with Gasteiger partial charge in [-0.15, -0.1) is 0 Å². The van der Waals surface area contributed by atoms with Gasteiger partial charge in [0.25, 0.3) is 0 Å². The van der Waals surface area contributed by atoms with Crippen LogP contribution in [0.3, 0.4) is 0 Å². The molecule has 212 valence electrons. The van der Waals surface area contributed by atoms with E-state index in [1.54, 1.807) is 7.11 Å². The molecular formula is C37H48NO2+. The van der Waals surface area contributed by atoms with Crippen LogP contribution in [0.1, 0.15) is 103 Å². The van der Waals surface area contributed by atoms with E-state index in [4.69, 9.17) is 11.3 Å². The van der Waals surface area contributed by atoms with Gasteiger partial charge in [-0.25, -0.2) is 0 Å². The number of ether oxygens (including phenoxy) is 1. The minimum Gasteiger partial charge on any atom is -0.394 e. The monoisotopic (exact) mass is 538 g/mol. The van der Waals surface area contributed by atoms with E-state index in [0.29, 0.717) is 0 Å². The van der Waals surface area contributed by atoms with Gasteiger partial charge in [-0.05, 0) is 70.0 Å². The largest absolute Gasteiger partial charge is 0.394 e. The van der Waals surface area contributed by atoms with Gasteiger partial charge in [-0.2, -0.15) is 4.58 Å². The van der Waals surface area contributed by atoms with Crippen molar-refractivity contribution in [3.05, 3.63) is 80.7 Å². The molecular weight excluding hydrogens is 490 g/mol. The van der Waals surface area contributed by atoms with Gasteiger partial charge in [0.05, 0.1) is 28.9 Å². The van der Waals surface area contributed by atoms with Gasteiger partial charge in [-0.1, -0.05) is 77.6 Å². The maximum Gasteiger partial charge on any atom is 0.221 e. The molecule has 5 rings (SSSR count). The van der Waals surface area contributed by atoms with Crippen molar-refractivity contribution >= 4 is 29.3 Å². The van der Waals surface area contributed by atoms with Crippen molar-refractivity contribution in [1.82, 2.24) is 0 Å². The Morgan fingerprint density at radius 2 is 1.70 bits per heavy atom. The fourth-order valence-electron chi connectivity index (χ4n) is 7.55. The van der Waals surface area contributed by atoms with E-state index in [-0.39, 0.29) is 34.5 Å². The Hall–Kier alpha value is -2.75. The van der Waals surface area contributed by atoms with Crippen molar-refractivity contribution < 1.29 is 14.4 Å². The number of hydrogen-bond acceptors (Lipinski definition) is 2. The molecule has 0 amide bonds. The molecule has 3 aromatic rings. The summed E-state index contributed by atoms with van der Waals surface area (Å²) in [7, 11) is 1.70. The van der Waals surface area contributed by atoms with Crippen molar-refractivity contribution in [2.24, 2.45) is 0 Å². The molecule has 0 fully saturated rings. The number of benzene rings is 3. The quantitative estimate of drug-likeness (QED) is 0.388. The van der Waals surface area contributed by atoms with E-state index in [2.05, 4.69) is 116 Å². The highest BCUT2D eigenvalue weighted by atomic mass is 16.5. The number of rotatable bonds is 5.